The second kappa shape index (κ2) is 7.36. The fourth-order valence-corrected chi connectivity index (χ4v) is 3.72. The number of para-hydroxylation sites is 1. The van der Waals surface area contributed by atoms with Gasteiger partial charge in [-0.3, -0.25) is 0 Å². The van der Waals surface area contributed by atoms with Gasteiger partial charge in [-0.2, -0.15) is 0 Å². The van der Waals surface area contributed by atoms with Gasteiger partial charge in [0.1, 0.15) is 5.75 Å². The number of allylic oxidation sites excluding steroid dienone is 1. The Bertz CT molecular complexity index is 784. The van der Waals surface area contributed by atoms with Crippen LogP contribution < -0.4 is 14.1 Å². The number of methoxy groups -OCH3 is 1. The van der Waals surface area contributed by atoms with Crippen LogP contribution in [0.3, 0.4) is 0 Å². The molecule has 1 heterocycles. The Morgan fingerprint density at radius 1 is 1.22 bits per heavy atom. The standard InChI is InChI=1S/C16H16N2O3P2/c1-3-7-13-10-11-15(16(12-13)19-2)20-18-22-17-23(18)21-14-8-5-4-6-9-14/h3-6,8-12H,1,7H2,2H3. The normalized spacial score (nSPS) is 11.4. The highest BCUT2D eigenvalue weighted by Gasteiger charge is 2.14. The van der Waals surface area contributed by atoms with Crippen LogP contribution in [0.1, 0.15) is 5.56 Å². The van der Waals surface area contributed by atoms with E-state index in [1.807, 2.05) is 54.6 Å². The number of rotatable bonds is 7. The molecule has 3 aromatic rings. The maximum absolute atomic E-state index is 5.87. The fourth-order valence-electron chi connectivity index (χ4n) is 1.96. The minimum absolute atomic E-state index is 0.645. The van der Waals surface area contributed by atoms with E-state index in [-0.39, 0.29) is 0 Å². The Labute approximate surface area is 137 Å². The van der Waals surface area contributed by atoms with Crippen LogP contribution in [-0.2, 0) is 6.42 Å². The lowest BCUT2D eigenvalue weighted by atomic mass is 10.1. The number of aromatic nitrogens is 2. The first-order chi connectivity index (χ1) is 11.3. The van der Waals surface area contributed by atoms with E-state index in [2.05, 4.69) is 11.1 Å². The van der Waals surface area contributed by atoms with Crippen LogP contribution in [0, 0.1) is 0 Å². The van der Waals surface area contributed by atoms with E-state index in [1.54, 1.807) is 11.4 Å². The topological polar surface area (TPSA) is 45.5 Å². The molecule has 0 aliphatic heterocycles. The van der Waals surface area contributed by atoms with Crippen molar-refractivity contribution >= 4 is 16.6 Å². The lowest BCUT2D eigenvalue weighted by Crippen LogP contribution is -2.07. The van der Waals surface area contributed by atoms with Gasteiger partial charge in [0.25, 0.3) is 0 Å². The molecule has 118 valence electrons. The molecule has 0 aliphatic carbocycles. The Morgan fingerprint density at radius 3 is 2.70 bits per heavy atom. The second-order valence-corrected chi connectivity index (χ2v) is 7.28. The Kier molecular flexibility index (Phi) is 5.02. The largest absolute Gasteiger partial charge is 0.493 e. The third-order valence-corrected chi connectivity index (χ3v) is 5.67. The van der Waals surface area contributed by atoms with Crippen LogP contribution in [0.2, 0.25) is 0 Å². The Morgan fingerprint density at radius 2 is 2.04 bits per heavy atom. The smallest absolute Gasteiger partial charge is 0.303 e. The zero-order valence-electron chi connectivity index (χ0n) is 12.6. The molecular formula is C16H16N2O3P2. The van der Waals surface area contributed by atoms with Crippen molar-refractivity contribution < 1.29 is 14.1 Å². The molecule has 5 nitrogen and oxygen atoms in total. The van der Waals surface area contributed by atoms with Crippen molar-refractivity contribution in [2.24, 2.45) is 0 Å². The first-order valence-corrected chi connectivity index (χ1v) is 8.97. The SMILES string of the molecule is C=CCc1ccc(On2pnp2Oc2ccccc2)c(OC)c1. The summed E-state index contributed by atoms with van der Waals surface area (Å²) in [5.41, 5.74) is 1.12. The predicted octanol–water partition coefficient (Wildman–Crippen LogP) is 4.87. The third-order valence-electron chi connectivity index (χ3n) is 3.06. The van der Waals surface area contributed by atoms with Crippen molar-refractivity contribution in [2.75, 3.05) is 7.11 Å². The highest BCUT2D eigenvalue weighted by molar-refractivity contribution is 7.53. The summed E-state index contributed by atoms with van der Waals surface area (Å²) in [6.45, 7) is 3.75. The van der Waals surface area contributed by atoms with Crippen molar-refractivity contribution in [3.63, 3.8) is 0 Å². The predicted molar refractivity (Wildman–Crippen MR) is 92.8 cm³/mol. The lowest BCUT2D eigenvalue weighted by Gasteiger charge is -2.16. The van der Waals surface area contributed by atoms with E-state index in [4.69, 9.17) is 14.1 Å². The minimum atomic E-state index is -1.14. The van der Waals surface area contributed by atoms with Gasteiger partial charge in [-0.15, -0.1) is 11.1 Å². The van der Waals surface area contributed by atoms with Gasteiger partial charge in [0.05, 0.1) is 7.11 Å². The van der Waals surface area contributed by atoms with E-state index in [0.717, 1.165) is 26.2 Å². The van der Waals surface area contributed by atoms with Crippen molar-refractivity contribution in [2.45, 2.75) is 6.42 Å². The van der Waals surface area contributed by atoms with Crippen LogP contribution in [0.25, 0.3) is 0 Å². The number of ether oxygens (including phenoxy) is 1. The van der Waals surface area contributed by atoms with Gasteiger partial charge in [0.15, 0.2) is 20.0 Å². The summed E-state index contributed by atoms with van der Waals surface area (Å²) < 4.78 is 17.2. The molecular weight excluding hydrogens is 330 g/mol. The monoisotopic (exact) mass is 346 g/mol. The molecule has 2 aromatic carbocycles. The average Bonchev–Trinajstić information content (AvgIpc) is 2.58. The minimum Gasteiger partial charge on any atom is -0.493 e. The van der Waals surface area contributed by atoms with Gasteiger partial charge in [0, 0.05) is 0 Å². The molecule has 0 amide bonds. The maximum atomic E-state index is 5.87. The van der Waals surface area contributed by atoms with Crippen LogP contribution in [0.5, 0.6) is 17.2 Å². The van der Waals surface area contributed by atoms with E-state index >= 15 is 0 Å². The average molecular weight is 346 g/mol. The highest BCUT2D eigenvalue weighted by Crippen LogP contribution is 2.37. The van der Waals surface area contributed by atoms with Gasteiger partial charge in [-0.25, -0.2) is 0 Å². The fraction of sp³-hybridized carbons (Fsp3) is 0.125. The van der Waals surface area contributed by atoms with Gasteiger partial charge in [-0.05, 0) is 36.2 Å². The van der Waals surface area contributed by atoms with E-state index in [0.29, 0.717) is 11.5 Å². The molecule has 0 saturated heterocycles. The first-order valence-electron chi connectivity index (χ1n) is 7.00. The summed E-state index contributed by atoms with van der Waals surface area (Å²) in [6.07, 6.45) is 2.65. The second-order valence-electron chi connectivity index (χ2n) is 4.66. The zero-order valence-corrected chi connectivity index (χ0v) is 14.4. The summed E-state index contributed by atoms with van der Waals surface area (Å²) in [7, 11) is 1.22. The molecule has 0 saturated carbocycles. The van der Waals surface area contributed by atoms with Gasteiger partial charge < -0.3 is 14.1 Å². The maximum Gasteiger partial charge on any atom is 0.303 e. The summed E-state index contributed by atoms with van der Waals surface area (Å²) in [5, 5.41) is 0. The van der Waals surface area contributed by atoms with E-state index < -0.39 is 8.08 Å². The summed E-state index contributed by atoms with van der Waals surface area (Å²) in [5.74, 6) is 2.10. The van der Waals surface area contributed by atoms with Crippen LogP contribution in [0.4, 0.5) is 0 Å². The Hall–Kier alpha value is -2.22. The molecule has 1 atom stereocenters. The van der Waals surface area contributed by atoms with Crippen molar-refractivity contribution in [3.05, 3.63) is 66.7 Å². The molecule has 7 heteroatoms. The first kappa shape index (κ1) is 15.7. The van der Waals surface area contributed by atoms with Crippen LogP contribution in [-0.4, -0.2) is 15.9 Å². The molecule has 0 fully saturated rings. The quantitative estimate of drug-likeness (QED) is 0.573. The van der Waals surface area contributed by atoms with E-state index in [1.165, 1.54) is 0 Å². The van der Waals surface area contributed by atoms with Gasteiger partial charge in [-0.1, -0.05) is 34.6 Å². The molecule has 0 radical (unpaired) electrons. The number of hydrogen-bond acceptors (Lipinski definition) is 4. The molecule has 1 aromatic heterocycles. The summed E-state index contributed by atoms with van der Waals surface area (Å²) >= 11 is 0. The lowest BCUT2D eigenvalue weighted by molar-refractivity contribution is 0.249. The molecule has 0 spiro atoms. The summed E-state index contributed by atoms with van der Waals surface area (Å²) in [4.78, 5) is 5.87. The Balaban J connectivity index is 1.75. The molecule has 23 heavy (non-hydrogen) atoms. The zero-order chi connectivity index (χ0) is 16.1. The van der Waals surface area contributed by atoms with E-state index in [9.17, 15) is 0 Å². The van der Waals surface area contributed by atoms with Crippen molar-refractivity contribution in [1.29, 1.82) is 0 Å². The van der Waals surface area contributed by atoms with Crippen LogP contribution >= 0.6 is 16.6 Å². The molecule has 1 unspecified atom stereocenters. The molecule has 0 N–H and O–H groups in total. The van der Waals surface area contributed by atoms with Gasteiger partial charge in [0.2, 0.25) is 0 Å². The molecule has 3 rings (SSSR count). The molecule has 0 bridgehead atoms. The third kappa shape index (κ3) is 3.76. The summed E-state index contributed by atoms with van der Waals surface area (Å²) in [6, 6.07) is 15.4. The highest BCUT2D eigenvalue weighted by atomic mass is 31.2. The van der Waals surface area contributed by atoms with Gasteiger partial charge >= 0.3 is 8.08 Å². The van der Waals surface area contributed by atoms with Crippen molar-refractivity contribution in [3.8, 4) is 17.2 Å². The number of hydrogen-bond donors (Lipinski definition) is 0. The number of nitrogens with zero attached hydrogens (tertiary/aromatic N) is 2. The van der Waals surface area contributed by atoms with Crippen LogP contribution in [0.15, 0.2) is 61.2 Å². The van der Waals surface area contributed by atoms with Crippen molar-refractivity contribution in [1.82, 2.24) is 8.76 Å². The number of benzene rings is 2. The molecule has 0 aliphatic rings.